The van der Waals surface area contributed by atoms with Crippen molar-refractivity contribution in [3.05, 3.63) is 77.9 Å². The second kappa shape index (κ2) is 6.31. The molecule has 0 aliphatic heterocycles. The van der Waals surface area contributed by atoms with Crippen LogP contribution in [0.5, 0.6) is 0 Å². The quantitative estimate of drug-likeness (QED) is 0.852. The van der Waals surface area contributed by atoms with Crippen molar-refractivity contribution in [2.45, 2.75) is 0 Å². The molecule has 3 nitrogen and oxygen atoms in total. The van der Waals surface area contributed by atoms with Crippen LogP contribution in [0.15, 0.2) is 66.7 Å². The molecule has 3 heteroatoms. The third kappa shape index (κ3) is 3.92. The lowest BCUT2D eigenvalue weighted by Gasteiger charge is -2.00. The molecule has 0 aliphatic rings. The fourth-order valence-corrected chi connectivity index (χ4v) is 1.55. The molecule has 19 heavy (non-hydrogen) atoms. The van der Waals surface area contributed by atoms with E-state index in [9.17, 15) is 9.59 Å². The van der Waals surface area contributed by atoms with E-state index < -0.39 is 11.8 Å². The smallest absolute Gasteiger partial charge is 0.258 e. The van der Waals surface area contributed by atoms with Crippen LogP contribution in [0.25, 0.3) is 6.08 Å². The maximum absolute atomic E-state index is 11.7. The van der Waals surface area contributed by atoms with Crippen molar-refractivity contribution < 1.29 is 9.59 Å². The van der Waals surface area contributed by atoms with Gasteiger partial charge in [-0.1, -0.05) is 48.5 Å². The SMILES string of the molecule is O=C(/C=C/c1ccccc1)NC(=O)c1ccccc1. The summed E-state index contributed by atoms with van der Waals surface area (Å²) in [7, 11) is 0. The number of carbonyl (C=O) groups excluding carboxylic acids is 2. The molecule has 94 valence electrons. The van der Waals surface area contributed by atoms with Crippen molar-refractivity contribution in [1.82, 2.24) is 5.32 Å². The Labute approximate surface area is 111 Å². The molecule has 2 aromatic rings. The minimum absolute atomic E-state index is 0.400. The van der Waals surface area contributed by atoms with Crippen LogP contribution in [0.2, 0.25) is 0 Å². The average Bonchev–Trinajstić information content (AvgIpc) is 2.47. The second-order valence-corrected chi connectivity index (χ2v) is 3.93. The van der Waals surface area contributed by atoms with Gasteiger partial charge in [0, 0.05) is 11.6 Å². The summed E-state index contributed by atoms with van der Waals surface area (Å²) >= 11 is 0. The van der Waals surface area contributed by atoms with Gasteiger partial charge in [0.05, 0.1) is 0 Å². The van der Waals surface area contributed by atoms with Crippen LogP contribution in [-0.2, 0) is 4.79 Å². The fourth-order valence-electron chi connectivity index (χ4n) is 1.55. The van der Waals surface area contributed by atoms with Gasteiger partial charge < -0.3 is 0 Å². The summed E-state index contributed by atoms with van der Waals surface area (Å²) in [5.74, 6) is -0.832. The van der Waals surface area contributed by atoms with Gasteiger partial charge in [-0.3, -0.25) is 14.9 Å². The summed E-state index contributed by atoms with van der Waals surface area (Å²) in [6.45, 7) is 0. The molecule has 0 saturated carbocycles. The number of imide groups is 1. The third-order valence-electron chi connectivity index (χ3n) is 2.50. The molecule has 0 aromatic heterocycles. The molecule has 2 amide bonds. The van der Waals surface area contributed by atoms with Crippen molar-refractivity contribution in [1.29, 1.82) is 0 Å². The van der Waals surface area contributed by atoms with E-state index in [1.54, 1.807) is 30.3 Å². The molecule has 2 aromatic carbocycles. The Morgan fingerprint density at radius 2 is 1.42 bits per heavy atom. The van der Waals surface area contributed by atoms with E-state index in [2.05, 4.69) is 5.32 Å². The van der Waals surface area contributed by atoms with Gasteiger partial charge in [-0.05, 0) is 23.8 Å². The van der Waals surface area contributed by atoms with E-state index >= 15 is 0 Å². The first kappa shape index (κ1) is 12.8. The van der Waals surface area contributed by atoms with Crippen LogP contribution < -0.4 is 5.32 Å². The first-order chi connectivity index (χ1) is 9.25. The molecular weight excluding hydrogens is 238 g/mol. The summed E-state index contributed by atoms with van der Waals surface area (Å²) in [6, 6.07) is 18.0. The first-order valence-corrected chi connectivity index (χ1v) is 5.89. The predicted molar refractivity (Wildman–Crippen MR) is 74.4 cm³/mol. The molecule has 0 fully saturated rings. The zero-order valence-electron chi connectivity index (χ0n) is 10.2. The van der Waals surface area contributed by atoms with Gasteiger partial charge in [0.1, 0.15) is 0 Å². The predicted octanol–water partition coefficient (Wildman–Crippen LogP) is 2.66. The van der Waals surface area contributed by atoms with E-state index in [1.165, 1.54) is 6.08 Å². The highest BCUT2D eigenvalue weighted by atomic mass is 16.2. The molecule has 0 spiro atoms. The van der Waals surface area contributed by atoms with Crippen LogP contribution in [-0.4, -0.2) is 11.8 Å². The van der Waals surface area contributed by atoms with Crippen molar-refractivity contribution in [2.75, 3.05) is 0 Å². The summed E-state index contributed by atoms with van der Waals surface area (Å²) in [5, 5.41) is 2.30. The van der Waals surface area contributed by atoms with Gasteiger partial charge >= 0.3 is 0 Å². The van der Waals surface area contributed by atoms with E-state index in [4.69, 9.17) is 0 Å². The number of hydrogen-bond donors (Lipinski definition) is 1. The van der Waals surface area contributed by atoms with Gasteiger partial charge in [-0.15, -0.1) is 0 Å². The topological polar surface area (TPSA) is 46.2 Å². The summed E-state index contributed by atoms with van der Waals surface area (Å²) < 4.78 is 0. The zero-order chi connectivity index (χ0) is 13.5. The average molecular weight is 251 g/mol. The van der Waals surface area contributed by atoms with Crippen LogP contribution in [0, 0.1) is 0 Å². The van der Waals surface area contributed by atoms with Crippen molar-refractivity contribution in [3.8, 4) is 0 Å². The van der Waals surface area contributed by atoms with Crippen LogP contribution in [0.4, 0.5) is 0 Å². The lowest BCUT2D eigenvalue weighted by atomic mass is 10.2. The van der Waals surface area contributed by atoms with Gasteiger partial charge in [0.15, 0.2) is 0 Å². The molecule has 0 aliphatic carbocycles. The maximum atomic E-state index is 11.7. The van der Waals surface area contributed by atoms with E-state index in [-0.39, 0.29) is 0 Å². The highest BCUT2D eigenvalue weighted by Crippen LogP contribution is 2.01. The summed E-state index contributed by atoms with van der Waals surface area (Å²) in [4.78, 5) is 23.3. The number of nitrogens with one attached hydrogen (secondary N) is 1. The molecule has 0 unspecified atom stereocenters. The van der Waals surface area contributed by atoms with E-state index in [0.29, 0.717) is 5.56 Å². The second-order valence-electron chi connectivity index (χ2n) is 3.93. The van der Waals surface area contributed by atoms with Gasteiger partial charge in [-0.2, -0.15) is 0 Å². The minimum Gasteiger partial charge on any atom is -0.289 e. The van der Waals surface area contributed by atoms with E-state index in [0.717, 1.165) is 5.56 Å². The van der Waals surface area contributed by atoms with Crippen LogP contribution in [0.3, 0.4) is 0 Å². The first-order valence-electron chi connectivity index (χ1n) is 5.89. The molecule has 1 N–H and O–H groups in total. The Morgan fingerprint density at radius 3 is 2.05 bits per heavy atom. The monoisotopic (exact) mass is 251 g/mol. The molecule has 0 atom stereocenters. The van der Waals surface area contributed by atoms with Crippen molar-refractivity contribution >= 4 is 17.9 Å². The van der Waals surface area contributed by atoms with Crippen LogP contribution >= 0.6 is 0 Å². The van der Waals surface area contributed by atoms with Gasteiger partial charge in [0.2, 0.25) is 0 Å². The highest BCUT2D eigenvalue weighted by molar-refractivity contribution is 6.09. The van der Waals surface area contributed by atoms with Gasteiger partial charge in [0.25, 0.3) is 11.8 Å². The van der Waals surface area contributed by atoms with Crippen molar-refractivity contribution in [2.24, 2.45) is 0 Å². The molecule has 2 rings (SSSR count). The molecule has 0 bridgehead atoms. The maximum Gasteiger partial charge on any atom is 0.258 e. The normalized spacial score (nSPS) is 10.3. The third-order valence-corrected chi connectivity index (χ3v) is 2.50. The van der Waals surface area contributed by atoms with E-state index in [1.807, 2.05) is 36.4 Å². The minimum atomic E-state index is -0.433. The number of amides is 2. The van der Waals surface area contributed by atoms with Crippen LogP contribution in [0.1, 0.15) is 15.9 Å². The lowest BCUT2D eigenvalue weighted by molar-refractivity contribution is -0.115. The molecule has 0 heterocycles. The zero-order valence-corrected chi connectivity index (χ0v) is 10.2. The summed E-state index contributed by atoms with van der Waals surface area (Å²) in [6.07, 6.45) is 3.00. The number of carbonyl (C=O) groups is 2. The Morgan fingerprint density at radius 1 is 0.842 bits per heavy atom. The number of hydrogen-bond acceptors (Lipinski definition) is 2. The van der Waals surface area contributed by atoms with Crippen molar-refractivity contribution in [3.63, 3.8) is 0 Å². The Balaban J connectivity index is 1.95. The number of rotatable bonds is 3. The lowest BCUT2D eigenvalue weighted by Crippen LogP contribution is -2.28. The molecule has 0 radical (unpaired) electrons. The Bertz CT molecular complexity index is 589. The van der Waals surface area contributed by atoms with Gasteiger partial charge in [-0.25, -0.2) is 0 Å². The highest BCUT2D eigenvalue weighted by Gasteiger charge is 2.06. The molecule has 0 saturated heterocycles. The standard InChI is InChI=1S/C16H13NO2/c18-15(12-11-13-7-3-1-4-8-13)17-16(19)14-9-5-2-6-10-14/h1-12H,(H,17,18,19)/b12-11+. The Kier molecular flexibility index (Phi) is 4.24. The Hall–Kier alpha value is -2.68. The fraction of sp³-hybridized carbons (Fsp3) is 0. The number of benzene rings is 2. The largest absolute Gasteiger partial charge is 0.289 e. The summed E-state index contributed by atoms with van der Waals surface area (Å²) in [5.41, 5.74) is 1.37. The molecular formula is C16H13NO2.